The third-order valence-electron chi connectivity index (χ3n) is 0.939. The van der Waals surface area contributed by atoms with Gasteiger partial charge in [0.2, 0.25) is 0 Å². The Labute approximate surface area is 90.2 Å². The van der Waals surface area contributed by atoms with Crippen LogP contribution in [0.2, 0.25) is 0 Å². The summed E-state index contributed by atoms with van der Waals surface area (Å²) in [5.74, 6) is -1.31. The Hall–Kier alpha value is -1.58. The number of carbonyl (C=O) groups is 2. The molecule has 0 rings (SSSR count). The normalized spacial score (nSPS) is 9.33. The van der Waals surface area contributed by atoms with E-state index in [-0.39, 0.29) is 11.5 Å². The summed E-state index contributed by atoms with van der Waals surface area (Å²) < 4.78 is 4.83. The molecule has 0 saturated carbocycles. The van der Waals surface area contributed by atoms with Crippen LogP contribution in [0, 0.1) is 0 Å². The van der Waals surface area contributed by atoms with Crippen LogP contribution in [-0.4, -0.2) is 22.6 Å². The highest BCUT2D eigenvalue weighted by Crippen LogP contribution is 2.06. The molecule has 1 N–H and O–H groups in total. The lowest BCUT2D eigenvalue weighted by atomic mass is 10.2. The molecule has 0 fully saturated rings. The fourth-order valence-electron chi connectivity index (χ4n) is 0.343. The molecule has 15 heavy (non-hydrogen) atoms. The summed E-state index contributed by atoms with van der Waals surface area (Å²) in [5, 5.41) is 7.89. The summed E-state index contributed by atoms with van der Waals surface area (Å²) in [4.78, 5) is 20.1. The molecular weight excluding hydrogens is 196 g/mol. The van der Waals surface area contributed by atoms with Crippen molar-refractivity contribution in [2.45, 2.75) is 33.3 Å². The molecule has 0 aromatic rings. The highest BCUT2D eigenvalue weighted by atomic mass is 16.6. The van der Waals surface area contributed by atoms with E-state index in [0.29, 0.717) is 0 Å². The van der Waals surface area contributed by atoms with E-state index in [1.54, 1.807) is 0 Å². The average Bonchev–Trinajstić information content (AvgIpc) is 2.02. The second-order valence-corrected chi connectivity index (χ2v) is 3.82. The monoisotopic (exact) mass is 214 g/mol. The first-order valence-electron chi connectivity index (χ1n) is 4.34. The lowest BCUT2D eigenvalue weighted by Crippen LogP contribution is -2.22. The van der Waals surface area contributed by atoms with Crippen LogP contribution in [0.15, 0.2) is 24.8 Å². The third kappa shape index (κ3) is 15.2. The number of carboxylic acids is 1. The molecule has 0 bridgehead atoms. The fourth-order valence-corrected chi connectivity index (χ4v) is 0.343. The van der Waals surface area contributed by atoms with Crippen LogP contribution in [0.5, 0.6) is 0 Å². The topological polar surface area (TPSA) is 63.6 Å². The van der Waals surface area contributed by atoms with Gasteiger partial charge in [-0.25, -0.2) is 9.59 Å². The van der Waals surface area contributed by atoms with Crippen LogP contribution in [0.1, 0.15) is 27.7 Å². The van der Waals surface area contributed by atoms with Crippen LogP contribution < -0.4 is 0 Å². The minimum atomic E-state index is -0.935. The molecule has 0 aromatic carbocycles. The largest absolute Gasteiger partial charge is 0.478 e. The third-order valence-corrected chi connectivity index (χ3v) is 0.939. The number of carboxylic acid groups (broad SMARTS) is 1. The van der Waals surface area contributed by atoms with E-state index in [1.165, 1.54) is 6.92 Å². The molecule has 0 heterocycles. The van der Waals surface area contributed by atoms with Gasteiger partial charge in [0, 0.05) is 11.6 Å². The van der Waals surface area contributed by atoms with Gasteiger partial charge in [0.1, 0.15) is 5.60 Å². The first kappa shape index (κ1) is 15.9. The van der Waals surface area contributed by atoms with Gasteiger partial charge in [-0.2, -0.15) is 0 Å². The summed E-state index contributed by atoms with van der Waals surface area (Å²) in [6, 6.07) is 0. The quantitative estimate of drug-likeness (QED) is 0.565. The number of carbonyl (C=O) groups excluding carboxylic acids is 1. The second kappa shape index (κ2) is 6.81. The molecule has 0 spiro atoms. The predicted octanol–water partition coefficient (Wildman–Crippen LogP) is 2.16. The smallest absolute Gasteiger partial charge is 0.330 e. The minimum Gasteiger partial charge on any atom is -0.478 e. The zero-order valence-corrected chi connectivity index (χ0v) is 9.66. The lowest BCUT2D eigenvalue weighted by Gasteiger charge is -2.17. The van der Waals surface area contributed by atoms with Crippen molar-refractivity contribution < 1.29 is 19.4 Å². The Morgan fingerprint density at radius 1 is 1.33 bits per heavy atom. The van der Waals surface area contributed by atoms with Crippen molar-refractivity contribution in [3.8, 4) is 0 Å². The second-order valence-electron chi connectivity index (χ2n) is 3.82. The molecule has 0 aliphatic rings. The van der Waals surface area contributed by atoms with E-state index in [9.17, 15) is 9.59 Å². The van der Waals surface area contributed by atoms with Crippen LogP contribution in [0.25, 0.3) is 0 Å². The first-order valence-corrected chi connectivity index (χ1v) is 4.34. The predicted molar refractivity (Wildman–Crippen MR) is 58.5 cm³/mol. The molecule has 0 aromatic heterocycles. The van der Waals surface area contributed by atoms with Crippen molar-refractivity contribution in [2.75, 3.05) is 0 Å². The van der Waals surface area contributed by atoms with E-state index in [1.807, 2.05) is 20.8 Å². The van der Waals surface area contributed by atoms with Gasteiger partial charge < -0.3 is 9.84 Å². The maximum Gasteiger partial charge on any atom is 0.330 e. The Balaban J connectivity index is 0. The molecule has 4 heteroatoms. The number of ether oxygens (including phenoxy) is 1. The van der Waals surface area contributed by atoms with Crippen molar-refractivity contribution in [1.82, 2.24) is 0 Å². The molecular formula is C11H18O4. The maximum absolute atomic E-state index is 10.5. The summed E-state index contributed by atoms with van der Waals surface area (Å²) in [7, 11) is 0. The standard InChI is InChI=1S/C7H12O2.C4H6O2/c1-5-6(8)9-7(2,3)4;1-3(2)4(5)6/h5H,1H2,2-4H3;1H2,2H3,(H,5,6). The van der Waals surface area contributed by atoms with Crippen LogP contribution in [0.4, 0.5) is 0 Å². The number of hydrogen-bond donors (Lipinski definition) is 1. The van der Waals surface area contributed by atoms with Gasteiger partial charge in [0.25, 0.3) is 0 Å². The molecule has 0 atom stereocenters. The SMILES string of the molecule is C=C(C)C(=O)O.C=CC(=O)OC(C)(C)C. The van der Waals surface area contributed by atoms with E-state index in [2.05, 4.69) is 13.2 Å². The molecule has 0 aliphatic heterocycles. The number of esters is 1. The van der Waals surface area contributed by atoms with E-state index in [0.717, 1.165) is 6.08 Å². The molecule has 0 unspecified atom stereocenters. The first-order chi connectivity index (χ1) is 6.60. The molecule has 0 aliphatic carbocycles. The summed E-state index contributed by atoms with van der Waals surface area (Å²) in [5.41, 5.74) is -0.222. The Morgan fingerprint density at radius 2 is 1.67 bits per heavy atom. The van der Waals surface area contributed by atoms with Crippen molar-refractivity contribution in [3.63, 3.8) is 0 Å². The Bertz CT molecular complexity index is 246. The zero-order valence-electron chi connectivity index (χ0n) is 9.66. The van der Waals surface area contributed by atoms with Gasteiger partial charge in [-0.1, -0.05) is 13.2 Å². The van der Waals surface area contributed by atoms with Crippen molar-refractivity contribution >= 4 is 11.9 Å². The van der Waals surface area contributed by atoms with Gasteiger partial charge in [-0.15, -0.1) is 0 Å². The van der Waals surface area contributed by atoms with Crippen molar-refractivity contribution in [2.24, 2.45) is 0 Å². The van der Waals surface area contributed by atoms with Gasteiger partial charge in [-0.3, -0.25) is 0 Å². The summed E-state index contributed by atoms with van der Waals surface area (Å²) in [6.07, 6.45) is 1.16. The van der Waals surface area contributed by atoms with Crippen molar-refractivity contribution in [1.29, 1.82) is 0 Å². The van der Waals surface area contributed by atoms with Gasteiger partial charge in [0.05, 0.1) is 0 Å². The van der Waals surface area contributed by atoms with Gasteiger partial charge in [-0.05, 0) is 27.7 Å². The van der Waals surface area contributed by atoms with Crippen LogP contribution in [-0.2, 0) is 14.3 Å². The van der Waals surface area contributed by atoms with Crippen LogP contribution >= 0.6 is 0 Å². The molecule has 0 radical (unpaired) electrons. The molecule has 86 valence electrons. The van der Waals surface area contributed by atoms with E-state index >= 15 is 0 Å². The van der Waals surface area contributed by atoms with Crippen LogP contribution in [0.3, 0.4) is 0 Å². The van der Waals surface area contributed by atoms with Gasteiger partial charge in [0.15, 0.2) is 0 Å². The average molecular weight is 214 g/mol. The number of rotatable bonds is 2. The number of aliphatic carboxylic acids is 1. The van der Waals surface area contributed by atoms with Gasteiger partial charge >= 0.3 is 11.9 Å². The number of hydrogen-bond acceptors (Lipinski definition) is 3. The Morgan fingerprint density at radius 3 is 1.73 bits per heavy atom. The van der Waals surface area contributed by atoms with Crippen molar-refractivity contribution in [3.05, 3.63) is 24.8 Å². The maximum atomic E-state index is 10.5. The highest BCUT2D eigenvalue weighted by molar-refractivity contribution is 5.84. The van der Waals surface area contributed by atoms with E-state index < -0.39 is 11.6 Å². The molecule has 0 saturated heterocycles. The Kier molecular flexibility index (Phi) is 7.21. The zero-order chi connectivity index (χ0) is 12.6. The summed E-state index contributed by atoms with van der Waals surface area (Å²) in [6.45, 7) is 13.3. The van der Waals surface area contributed by atoms with E-state index in [4.69, 9.17) is 9.84 Å². The lowest BCUT2D eigenvalue weighted by molar-refractivity contribution is -0.148. The minimum absolute atomic E-state index is 0.176. The summed E-state index contributed by atoms with van der Waals surface area (Å²) >= 11 is 0. The fraction of sp³-hybridized carbons (Fsp3) is 0.455. The molecule has 0 amide bonds. The highest BCUT2D eigenvalue weighted by Gasteiger charge is 2.12. The molecule has 4 nitrogen and oxygen atoms in total.